The number of nitrogens with zero attached hydrogens (tertiary/aromatic N) is 2. The summed E-state index contributed by atoms with van der Waals surface area (Å²) >= 11 is 12.7. The Bertz CT molecular complexity index is 1240. The fraction of sp³-hybridized carbons (Fsp3) is 0.0435. The summed E-state index contributed by atoms with van der Waals surface area (Å²) in [5.41, 5.74) is 2.15. The molecule has 0 spiro atoms. The molecule has 0 atom stereocenters. The molecule has 1 heterocycles. The highest BCUT2D eigenvalue weighted by Crippen LogP contribution is 2.37. The first-order valence-corrected chi connectivity index (χ1v) is 11.0. The van der Waals surface area contributed by atoms with Crippen molar-refractivity contribution in [1.82, 2.24) is 0 Å². The minimum Gasteiger partial charge on any atom is -0.488 e. The molecule has 160 valence electrons. The number of carbonyl (C=O) groups is 1. The van der Waals surface area contributed by atoms with Gasteiger partial charge in [0.05, 0.1) is 15.5 Å². The van der Waals surface area contributed by atoms with E-state index in [1.807, 2.05) is 18.2 Å². The number of benzene rings is 3. The summed E-state index contributed by atoms with van der Waals surface area (Å²) in [5, 5.41) is 11.3. The van der Waals surface area contributed by atoms with Gasteiger partial charge >= 0.3 is 0 Å². The molecule has 1 saturated heterocycles. The highest BCUT2D eigenvalue weighted by atomic mass is 35.5. The highest BCUT2D eigenvalue weighted by molar-refractivity contribution is 8.27. The van der Waals surface area contributed by atoms with Crippen molar-refractivity contribution in [2.24, 2.45) is 0 Å². The van der Waals surface area contributed by atoms with E-state index in [1.165, 1.54) is 28.8 Å². The average Bonchev–Trinajstić information content (AvgIpc) is 3.06. The quantitative estimate of drug-likeness (QED) is 0.179. The lowest BCUT2D eigenvalue weighted by Gasteiger charge is -2.14. The number of hydrogen-bond donors (Lipinski definition) is 0. The number of nitro benzene ring substituents is 1. The van der Waals surface area contributed by atoms with Crippen molar-refractivity contribution in [2.45, 2.75) is 6.61 Å². The van der Waals surface area contributed by atoms with Gasteiger partial charge in [-0.3, -0.25) is 19.8 Å². The van der Waals surface area contributed by atoms with Crippen LogP contribution < -0.4 is 9.64 Å². The van der Waals surface area contributed by atoms with Crippen LogP contribution in [0.25, 0.3) is 6.08 Å². The molecule has 0 unspecified atom stereocenters. The van der Waals surface area contributed by atoms with Gasteiger partial charge in [-0.25, -0.2) is 0 Å². The third kappa shape index (κ3) is 4.83. The molecule has 0 aromatic heterocycles. The summed E-state index contributed by atoms with van der Waals surface area (Å²) in [7, 11) is 0. The molecular weight excluding hydrogens is 468 g/mol. The van der Waals surface area contributed by atoms with Gasteiger partial charge in [-0.2, -0.15) is 0 Å². The van der Waals surface area contributed by atoms with E-state index in [-0.39, 0.29) is 18.2 Å². The number of halogens is 1. The summed E-state index contributed by atoms with van der Waals surface area (Å²) in [6.07, 6.45) is 1.75. The van der Waals surface area contributed by atoms with Crippen LogP contribution in [-0.4, -0.2) is 15.2 Å². The first-order valence-electron chi connectivity index (χ1n) is 9.41. The number of rotatable bonds is 6. The van der Waals surface area contributed by atoms with Crippen molar-refractivity contribution in [3.8, 4) is 5.75 Å². The lowest BCUT2D eigenvalue weighted by Crippen LogP contribution is -2.27. The number of ether oxygens (including phenoxy) is 1. The van der Waals surface area contributed by atoms with E-state index in [4.69, 9.17) is 28.6 Å². The summed E-state index contributed by atoms with van der Waals surface area (Å²) in [5.74, 6) is 0.353. The molecule has 1 fully saturated rings. The molecule has 4 rings (SSSR count). The van der Waals surface area contributed by atoms with E-state index >= 15 is 0 Å². The van der Waals surface area contributed by atoms with Crippen molar-refractivity contribution in [1.29, 1.82) is 0 Å². The minimum absolute atomic E-state index is 0.0240. The molecule has 1 aliphatic heterocycles. The van der Waals surface area contributed by atoms with Crippen LogP contribution in [0.5, 0.6) is 5.75 Å². The smallest absolute Gasteiger partial charge is 0.270 e. The van der Waals surface area contributed by atoms with E-state index in [0.29, 0.717) is 25.7 Å². The Morgan fingerprint density at radius 1 is 1.09 bits per heavy atom. The Balaban J connectivity index is 1.54. The number of para-hydroxylation sites is 1. The molecule has 6 nitrogen and oxygen atoms in total. The fourth-order valence-electron chi connectivity index (χ4n) is 3.05. The number of nitro groups is 1. The lowest BCUT2D eigenvalue weighted by molar-refractivity contribution is -0.384. The second-order valence-electron chi connectivity index (χ2n) is 6.75. The molecule has 3 aromatic rings. The first kappa shape index (κ1) is 22.0. The molecule has 0 bridgehead atoms. The van der Waals surface area contributed by atoms with Crippen LogP contribution in [0.3, 0.4) is 0 Å². The molecule has 0 aliphatic carbocycles. The Morgan fingerprint density at radius 2 is 1.84 bits per heavy atom. The predicted molar refractivity (Wildman–Crippen MR) is 131 cm³/mol. The van der Waals surface area contributed by atoms with Gasteiger partial charge in [0.25, 0.3) is 11.6 Å². The van der Waals surface area contributed by atoms with Crippen LogP contribution in [0.1, 0.15) is 11.1 Å². The maximum absolute atomic E-state index is 13.0. The molecule has 9 heteroatoms. The number of anilines is 1. The van der Waals surface area contributed by atoms with E-state index in [0.717, 1.165) is 11.1 Å². The standard InChI is InChI=1S/C23H15ClN2O4S2/c24-17-5-3-6-19(13-17)25-22(27)21(32-23(25)31)12-16-4-1-2-7-20(16)30-14-15-8-10-18(11-9-15)26(28)29/h1-13H,14H2/b21-12-. The SMILES string of the molecule is O=C1/C(=C/c2ccccc2OCc2ccc([N+](=O)[O-])cc2)SC(=S)N1c1cccc(Cl)c1. The summed E-state index contributed by atoms with van der Waals surface area (Å²) in [4.78, 5) is 25.3. The normalized spacial score (nSPS) is 14.8. The van der Waals surface area contributed by atoms with Gasteiger partial charge in [-0.05, 0) is 48.0 Å². The van der Waals surface area contributed by atoms with Crippen LogP contribution in [-0.2, 0) is 11.4 Å². The van der Waals surface area contributed by atoms with Crippen molar-refractivity contribution in [3.05, 3.63) is 104 Å². The highest BCUT2D eigenvalue weighted by Gasteiger charge is 2.33. The molecular formula is C23H15ClN2O4S2. The van der Waals surface area contributed by atoms with Crippen molar-refractivity contribution in [3.63, 3.8) is 0 Å². The van der Waals surface area contributed by atoms with Crippen LogP contribution in [0, 0.1) is 10.1 Å². The molecule has 1 amide bonds. The van der Waals surface area contributed by atoms with Gasteiger partial charge in [0.2, 0.25) is 0 Å². The lowest BCUT2D eigenvalue weighted by atomic mass is 10.1. The number of carbonyl (C=O) groups excluding carboxylic acids is 1. The first-order chi connectivity index (χ1) is 15.4. The topological polar surface area (TPSA) is 72.7 Å². The van der Waals surface area contributed by atoms with Gasteiger partial charge in [-0.1, -0.05) is 59.8 Å². The monoisotopic (exact) mass is 482 g/mol. The number of non-ortho nitro benzene ring substituents is 1. The number of amides is 1. The third-order valence-corrected chi connectivity index (χ3v) is 6.14. The zero-order chi connectivity index (χ0) is 22.7. The van der Waals surface area contributed by atoms with Crippen LogP contribution in [0.2, 0.25) is 5.02 Å². The molecule has 1 aliphatic rings. The number of thiocarbonyl (C=S) groups is 1. The molecule has 0 radical (unpaired) electrons. The van der Waals surface area contributed by atoms with Gasteiger partial charge in [0.15, 0.2) is 4.32 Å². The third-order valence-electron chi connectivity index (χ3n) is 4.61. The zero-order valence-corrected chi connectivity index (χ0v) is 18.8. The Morgan fingerprint density at radius 3 is 2.56 bits per heavy atom. The van der Waals surface area contributed by atoms with Crippen LogP contribution in [0.4, 0.5) is 11.4 Å². The molecule has 32 heavy (non-hydrogen) atoms. The zero-order valence-electron chi connectivity index (χ0n) is 16.4. The van der Waals surface area contributed by atoms with Crippen LogP contribution >= 0.6 is 35.6 Å². The van der Waals surface area contributed by atoms with Crippen molar-refractivity contribution < 1.29 is 14.5 Å². The number of thioether (sulfide) groups is 1. The summed E-state index contributed by atoms with van der Waals surface area (Å²) in [6.45, 7) is 0.228. The summed E-state index contributed by atoms with van der Waals surface area (Å²) < 4.78 is 6.35. The largest absolute Gasteiger partial charge is 0.488 e. The predicted octanol–water partition coefficient (Wildman–Crippen LogP) is 6.23. The van der Waals surface area contributed by atoms with Crippen LogP contribution in [0.15, 0.2) is 77.7 Å². The maximum atomic E-state index is 13.0. The number of hydrogen-bond acceptors (Lipinski definition) is 6. The minimum atomic E-state index is -0.445. The molecule has 0 N–H and O–H groups in total. The van der Waals surface area contributed by atoms with E-state index in [2.05, 4.69) is 0 Å². The Labute approximate surface area is 198 Å². The fourth-order valence-corrected chi connectivity index (χ4v) is 4.53. The van der Waals surface area contributed by atoms with Gasteiger partial charge in [0, 0.05) is 22.7 Å². The molecule has 0 saturated carbocycles. The molecule has 3 aromatic carbocycles. The van der Waals surface area contributed by atoms with Gasteiger partial charge in [0.1, 0.15) is 12.4 Å². The van der Waals surface area contributed by atoms with Crippen molar-refractivity contribution >= 4 is 63.3 Å². The van der Waals surface area contributed by atoms with E-state index < -0.39 is 4.92 Å². The maximum Gasteiger partial charge on any atom is 0.270 e. The second-order valence-corrected chi connectivity index (χ2v) is 8.86. The van der Waals surface area contributed by atoms with Crippen molar-refractivity contribution in [2.75, 3.05) is 4.90 Å². The Hall–Kier alpha value is -3.20. The second kappa shape index (κ2) is 9.52. The van der Waals surface area contributed by atoms with E-state index in [1.54, 1.807) is 48.5 Å². The van der Waals surface area contributed by atoms with Gasteiger partial charge < -0.3 is 4.74 Å². The van der Waals surface area contributed by atoms with E-state index in [9.17, 15) is 14.9 Å². The summed E-state index contributed by atoms with van der Waals surface area (Å²) in [6, 6.07) is 20.5. The average molecular weight is 483 g/mol. The van der Waals surface area contributed by atoms with Gasteiger partial charge in [-0.15, -0.1) is 0 Å². The Kier molecular flexibility index (Phi) is 6.55.